The molecule has 3 aliphatic carbocycles. The van der Waals surface area contributed by atoms with Gasteiger partial charge in [-0.2, -0.15) is 0 Å². The molecule has 4 atom stereocenters. The Hall–Kier alpha value is -5.22. The molecule has 4 aromatic rings. The molecule has 1 aliphatic heterocycles. The van der Waals surface area contributed by atoms with E-state index in [9.17, 15) is 23.4 Å². The van der Waals surface area contributed by atoms with E-state index in [2.05, 4.69) is 14.8 Å². The van der Waals surface area contributed by atoms with Gasteiger partial charge in [0.05, 0.1) is 30.2 Å². The summed E-state index contributed by atoms with van der Waals surface area (Å²) in [7, 11) is 1.02. The molecule has 15 heteroatoms. The SMILES string of the molecule is COc1cc(NS(=O)(=O)CCN2CCCC2)c(OCc2ccccc2)c2c1C[C@H]1C[C@H]3[C@H](N(C)C)c4onc(OCc5ccccc5)c4C(=O)[C@@]3(O)C(O)=C1C2=O. The highest BCUT2D eigenvalue weighted by Gasteiger charge is 2.64. The summed E-state index contributed by atoms with van der Waals surface area (Å²) in [5.41, 5.74) is -0.814. The van der Waals surface area contributed by atoms with Crippen LogP contribution in [0.5, 0.6) is 17.4 Å². The molecule has 1 fully saturated rings. The molecule has 57 heavy (non-hydrogen) atoms. The van der Waals surface area contributed by atoms with Gasteiger partial charge in [0.1, 0.15) is 30.3 Å². The number of aromatic nitrogens is 1. The highest BCUT2D eigenvalue weighted by Crippen LogP contribution is 2.57. The molecule has 0 bridgehead atoms. The fraction of sp³-hybridized carbons (Fsp3) is 0.405. The number of allylic oxidation sites excluding steroid dienone is 1. The number of nitrogens with one attached hydrogen (secondary N) is 1. The number of hydrogen-bond acceptors (Lipinski definition) is 13. The second-order valence-corrected chi connectivity index (χ2v) is 17.2. The lowest BCUT2D eigenvalue weighted by Gasteiger charge is -2.49. The molecule has 1 saturated heterocycles. The Morgan fingerprint density at radius 1 is 0.982 bits per heavy atom. The van der Waals surface area contributed by atoms with Gasteiger partial charge in [0.2, 0.25) is 15.8 Å². The molecule has 8 rings (SSSR count). The van der Waals surface area contributed by atoms with E-state index >= 15 is 4.79 Å². The van der Waals surface area contributed by atoms with Gasteiger partial charge in [-0.15, -0.1) is 0 Å². The van der Waals surface area contributed by atoms with Gasteiger partial charge in [-0.3, -0.25) is 19.2 Å². The van der Waals surface area contributed by atoms with E-state index in [1.54, 1.807) is 19.0 Å². The number of sulfonamides is 1. The lowest BCUT2D eigenvalue weighted by Crippen LogP contribution is -2.59. The minimum atomic E-state index is -3.94. The minimum Gasteiger partial charge on any atom is -0.508 e. The van der Waals surface area contributed by atoms with Crippen molar-refractivity contribution < 1.29 is 47.0 Å². The third-order valence-corrected chi connectivity index (χ3v) is 12.9. The number of fused-ring (bicyclic) bond motifs is 4. The number of nitrogens with zero attached hydrogens (tertiary/aromatic N) is 3. The Labute approximate surface area is 331 Å². The van der Waals surface area contributed by atoms with Crippen LogP contribution < -0.4 is 18.9 Å². The number of likely N-dealkylation sites (tertiary alicyclic amines) is 1. The summed E-state index contributed by atoms with van der Waals surface area (Å²) in [4.78, 5) is 33.5. The Morgan fingerprint density at radius 2 is 1.63 bits per heavy atom. The summed E-state index contributed by atoms with van der Waals surface area (Å²) in [6.45, 7) is 2.04. The largest absolute Gasteiger partial charge is 0.508 e. The molecular formula is C42H46N4O10S. The number of anilines is 1. The Kier molecular flexibility index (Phi) is 10.4. The number of carbonyl (C=O) groups is 2. The van der Waals surface area contributed by atoms with Gasteiger partial charge in [0.25, 0.3) is 5.88 Å². The maximum atomic E-state index is 15.0. The number of rotatable bonds is 13. The molecule has 14 nitrogen and oxygen atoms in total. The zero-order chi connectivity index (χ0) is 40.1. The predicted molar refractivity (Wildman–Crippen MR) is 209 cm³/mol. The molecule has 0 radical (unpaired) electrons. The van der Waals surface area contributed by atoms with Gasteiger partial charge < -0.3 is 33.8 Å². The number of carbonyl (C=O) groups excluding carboxylic acids is 2. The normalized spacial score (nSPS) is 23.1. The third kappa shape index (κ3) is 6.96. The highest BCUT2D eigenvalue weighted by atomic mass is 32.2. The first kappa shape index (κ1) is 38.6. The Morgan fingerprint density at radius 3 is 2.26 bits per heavy atom. The number of ketones is 2. The van der Waals surface area contributed by atoms with Gasteiger partial charge >= 0.3 is 0 Å². The first-order valence-corrected chi connectivity index (χ1v) is 20.8. The molecule has 3 N–H and O–H groups in total. The molecule has 0 saturated carbocycles. The molecule has 3 aromatic carbocycles. The number of Topliss-reactive ketones (excluding diaryl/α,β-unsaturated/α-hetero) is 2. The molecule has 0 amide bonds. The van der Waals surface area contributed by atoms with Crippen LogP contribution in [0.2, 0.25) is 0 Å². The molecule has 0 unspecified atom stereocenters. The number of methoxy groups -OCH3 is 1. The molecule has 4 aliphatic rings. The summed E-state index contributed by atoms with van der Waals surface area (Å²) in [6, 6.07) is 19.2. The average molecular weight is 799 g/mol. The van der Waals surface area contributed by atoms with Crippen molar-refractivity contribution in [2.24, 2.45) is 11.8 Å². The summed E-state index contributed by atoms with van der Waals surface area (Å²) >= 11 is 0. The first-order valence-electron chi connectivity index (χ1n) is 19.1. The fourth-order valence-electron chi connectivity index (χ4n) is 8.89. The summed E-state index contributed by atoms with van der Waals surface area (Å²) in [5, 5.41) is 28.9. The number of benzene rings is 3. The van der Waals surface area contributed by atoms with Crippen molar-refractivity contribution in [1.82, 2.24) is 15.0 Å². The lowest BCUT2D eigenvalue weighted by atomic mass is 9.58. The van der Waals surface area contributed by atoms with Crippen LogP contribution in [0, 0.1) is 11.8 Å². The second-order valence-electron chi connectivity index (χ2n) is 15.4. The van der Waals surface area contributed by atoms with Crippen molar-refractivity contribution in [3.8, 4) is 17.4 Å². The molecule has 2 heterocycles. The van der Waals surface area contributed by atoms with Crippen molar-refractivity contribution in [3.63, 3.8) is 0 Å². The molecule has 1 aromatic heterocycles. The van der Waals surface area contributed by atoms with Gasteiger partial charge in [-0.05, 0) is 75.1 Å². The van der Waals surface area contributed by atoms with Gasteiger partial charge in [-0.1, -0.05) is 60.7 Å². The van der Waals surface area contributed by atoms with Gasteiger partial charge in [0.15, 0.2) is 22.9 Å². The van der Waals surface area contributed by atoms with Crippen LogP contribution in [0.25, 0.3) is 0 Å². The van der Waals surface area contributed by atoms with Crippen molar-refractivity contribution in [2.75, 3.05) is 51.3 Å². The quantitative estimate of drug-likeness (QED) is 0.163. The number of aliphatic hydroxyl groups excluding tert-OH is 1. The Balaban J connectivity index is 1.21. The van der Waals surface area contributed by atoms with E-state index in [4.69, 9.17) is 18.7 Å². The van der Waals surface area contributed by atoms with Crippen LogP contribution in [0.4, 0.5) is 5.69 Å². The lowest BCUT2D eigenvalue weighted by molar-refractivity contribution is -0.0559. The van der Waals surface area contributed by atoms with Crippen LogP contribution >= 0.6 is 0 Å². The minimum absolute atomic E-state index is 0.00187. The zero-order valence-electron chi connectivity index (χ0n) is 32.1. The van der Waals surface area contributed by atoms with Crippen molar-refractivity contribution in [2.45, 2.75) is 50.5 Å². The second kappa shape index (κ2) is 15.3. The fourth-order valence-corrected chi connectivity index (χ4v) is 9.97. The molecular weight excluding hydrogens is 753 g/mol. The van der Waals surface area contributed by atoms with Gasteiger partial charge in [-0.25, -0.2) is 8.42 Å². The van der Waals surface area contributed by atoms with E-state index in [0.29, 0.717) is 12.1 Å². The Bertz CT molecular complexity index is 2320. The summed E-state index contributed by atoms with van der Waals surface area (Å²) in [6.07, 6.45) is 2.28. The standard InChI is InChI=1S/C42H46N4O10S/c1-45(2)35-29-21-27-20-28-31(53-3)22-30(44-57(51,52)19-18-46-16-10-11-17-46)37(54-23-25-12-6-4-7-13-25)33(28)36(47)32(27)39(48)42(29,50)40(49)34-38(35)56-43-41(34)55-24-26-14-8-5-9-15-26/h4-9,12-15,22,27,29,35,44,48,50H,10-11,16-21,23-24H2,1-3H3/t27-,29-,35-,42-/m0/s1. The van der Waals surface area contributed by atoms with Crippen LogP contribution in [-0.4, -0.2) is 97.3 Å². The summed E-state index contributed by atoms with van der Waals surface area (Å²) in [5.74, 6) is -3.92. The topological polar surface area (TPSA) is 181 Å². The monoisotopic (exact) mass is 798 g/mol. The van der Waals surface area contributed by atoms with Crippen molar-refractivity contribution in [1.29, 1.82) is 0 Å². The maximum absolute atomic E-state index is 15.0. The number of aliphatic hydroxyl groups is 2. The van der Waals surface area contributed by atoms with E-state index in [1.165, 1.54) is 13.2 Å². The van der Waals surface area contributed by atoms with Crippen LogP contribution in [0.1, 0.15) is 68.5 Å². The highest BCUT2D eigenvalue weighted by molar-refractivity contribution is 7.92. The van der Waals surface area contributed by atoms with Crippen LogP contribution in [0.3, 0.4) is 0 Å². The smallest absolute Gasteiger partial charge is 0.265 e. The van der Waals surface area contributed by atoms with E-state index < -0.39 is 50.8 Å². The van der Waals surface area contributed by atoms with E-state index in [1.807, 2.05) is 60.7 Å². The van der Waals surface area contributed by atoms with E-state index in [-0.39, 0.29) is 77.3 Å². The maximum Gasteiger partial charge on any atom is 0.265 e. The first-order chi connectivity index (χ1) is 27.4. The molecule has 0 spiro atoms. The predicted octanol–water partition coefficient (Wildman–Crippen LogP) is 5.10. The van der Waals surface area contributed by atoms with Crippen molar-refractivity contribution >= 4 is 27.3 Å². The van der Waals surface area contributed by atoms with E-state index in [0.717, 1.165) is 37.1 Å². The molecule has 300 valence electrons. The zero-order valence-corrected chi connectivity index (χ0v) is 32.9. The third-order valence-electron chi connectivity index (χ3n) is 11.6. The summed E-state index contributed by atoms with van der Waals surface area (Å²) < 4.78 is 53.8. The number of ether oxygens (including phenoxy) is 3. The number of hydrogen-bond donors (Lipinski definition) is 3. The van der Waals surface area contributed by atoms with Crippen LogP contribution in [0.15, 0.2) is 82.6 Å². The van der Waals surface area contributed by atoms with Gasteiger partial charge in [0, 0.05) is 29.7 Å². The van der Waals surface area contributed by atoms with Crippen LogP contribution in [-0.2, 0) is 29.7 Å². The van der Waals surface area contributed by atoms with Crippen molar-refractivity contribution in [3.05, 3.63) is 112 Å². The average Bonchev–Trinajstić information content (AvgIpc) is 3.88.